The number of para-hydroxylation sites is 1. The van der Waals surface area contributed by atoms with Gasteiger partial charge in [-0.1, -0.05) is 69.3 Å². The van der Waals surface area contributed by atoms with Crippen molar-refractivity contribution in [3.05, 3.63) is 65.7 Å². The molecule has 27 heavy (non-hydrogen) atoms. The summed E-state index contributed by atoms with van der Waals surface area (Å²) in [6.07, 6.45) is 1.13. The molecule has 4 heteroatoms. The van der Waals surface area contributed by atoms with Crippen LogP contribution in [0, 0.1) is 0 Å². The minimum Gasteiger partial charge on any atom is -0.489 e. The summed E-state index contributed by atoms with van der Waals surface area (Å²) in [6.45, 7) is 13.2. The molecule has 0 saturated carbocycles. The molecule has 0 aromatic heterocycles. The highest BCUT2D eigenvalue weighted by Gasteiger charge is 2.41. The molecule has 1 heterocycles. The third-order valence-electron chi connectivity index (χ3n) is 5.82. The SMILES string of the molecule is CC(C)(C)[Si](C)(C)OC1CC(CNCc2ccccc2)Oc2ccccc21. The van der Waals surface area contributed by atoms with Crippen molar-refractivity contribution in [2.45, 2.75) is 64.1 Å². The van der Waals surface area contributed by atoms with Crippen molar-refractivity contribution in [1.82, 2.24) is 5.32 Å². The zero-order valence-corrected chi connectivity index (χ0v) is 18.3. The molecule has 0 bridgehead atoms. The van der Waals surface area contributed by atoms with Crippen LogP contribution < -0.4 is 10.1 Å². The van der Waals surface area contributed by atoms with Gasteiger partial charge in [0.15, 0.2) is 8.32 Å². The molecule has 0 amide bonds. The number of benzene rings is 2. The largest absolute Gasteiger partial charge is 0.489 e. The summed E-state index contributed by atoms with van der Waals surface area (Å²) in [4.78, 5) is 0. The van der Waals surface area contributed by atoms with Gasteiger partial charge in [0.05, 0.1) is 6.10 Å². The van der Waals surface area contributed by atoms with E-state index in [1.54, 1.807) is 0 Å². The number of ether oxygens (including phenoxy) is 1. The van der Waals surface area contributed by atoms with Gasteiger partial charge in [0.1, 0.15) is 11.9 Å². The number of fused-ring (bicyclic) bond motifs is 1. The molecule has 1 N–H and O–H groups in total. The van der Waals surface area contributed by atoms with E-state index < -0.39 is 8.32 Å². The fourth-order valence-corrected chi connectivity index (χ4v) is 4.48. The molecule has 3 nitrogen and oxygen atoms in total. The molecule has 2 unspecified atom stereocenters. The van der Waals surface area contributed by atoms with E-state index in [0.717, 1.165) is 25.3 Å². The Morgan fingerprint density at radius 1 is 1.04 bits per heavy atom. The zero-order valence-electron chi connectivity index (χ0n) is 17.3. The Bertz CT molecular complexity index is 740. The lowest BCUT2D eigenvalue weighted by atomic mass is 9.99. The van der Waals surface area contributed by atoms with Gasteiger partial charge >= 0.3 is 0 Å². The first-order valence-corrected chi connectivity index (χ1v) is 12.9. The van der Waals surface area contributed by atoms with Crippen molar-refractivity contribution in [2.75, 3.05) is 6.54 Å². The normalized spacial score (nSPS) is 20.0. The van der Waals surface area contributed by atoms with E-state index in [-0.39, 0.29) is 17.2 Å². The maximum atomic E-state index is 6.80. The zero-order chi connectivity index (χ0) is 19.5. The predicted octanol–water partition coefficient (Wildman–Crippen LogP) is 5.69. The molecule has 2 aromatic carbocycles. The predicted molar refractivity (Wildman–Crippen MR) is 115 cm³/mol. The van der Waals surface area contributed by atoms with Crippen LogP contribution in [0.3, 0.4) is 0 Å². The second-order valence-corrected chi connectivity index (χ2v) is 13.8. The molecule has 1 aliphatic rings. The van der Waals surface area contributed by atoms with Crippen LogP contribution in [0.1, 0.15) is 44.4 Å². The molecular formula is C23H33NO2Si. The van der Waals surface area contributed by atoms with Crippen LogP contribution in [0.5, 0.6) is 5.75 Å². The summed E-state index contributed by atoms with van der Waals surface area (Å²) in [5.74, 6) is 0.971. The minimum absolute atomic E-state index is 0.111. The van der Waals surface area contributed by atoms with Gasteiger partial charge in [0.25, 0.3) is 0 Å². The van der Waals surface area contributed by atoms with Crippen molar-refractivity contribution >= 4 is 8.32 Å². The lowest BCUT2D eigenvalue weighted by molar-refractivity contribution is 0.0720. The van der Waals surface area contributed by atoms with Crippen LogP contribution in [-0.4, -0.2) is 21.0 Å². The molecule has 0 radical (unpaired) electrons. The van der Waals surface area contributed by atoms with E-state index in [0.29, 0.717) is 0 Å². The van der Waals surface area contributed by atoms with Gasteiger partial charge in [-0.25, -0.2) is 0 Å². The smallest absolute Gasteiger partial charge is 0.192 e. The van der Waals surface area contributed by atoms with Gasteiger partial charge < -0.3 is 14.5 Å². The van der Waals surface area contributed by atoms with Gasteiger partial charge in [0, 0.05) is 25.1 Å². The van der Waals surface area contributed by atoms with Crippen LogP contribution in [0.4, 0.5) is 0 Å². The van der Waals surface area contributed by atoms with E-state index in [9.17, 15) is 0 Å². The molecule has 3 rings (SSSR count). The fraction of sp³-hybridized carbons (Fsp3) is 0.478. The second kappa shape index (κ2) is 8.17. The molecule has 0 aliphatic carbocycles. The molecule has 0 spiro atoms. The van der Waals surface area contributed by atoms with Gasteiger partial charge in [-0.05, 0) is 29.8 Å². The molecule has 2 atom stereocenters. The minimum atomic E-state index is -1.85. The third kappa shape index (κ3) is 5.01. The van der Waals surface area contributed by atoms with Crippen molar-refractivity contribution in [1.29, 1.82) is 0 Å². The Kier molecular flexibility index (Phi) is 6.09. The Balaban J connectivity index is 1.68. The number of rotatable bonds is 6. The van der Waals surface area contributed by atoms with Gasteiger partial charge in [0.2, 0.25) is 0 Å². The van der Waals surface area contributed by atoms with Gasteiger partial charge in [-0.3, -0.25) is 0 Å². The standard InChI is InChI=1S/C23H33NO2Si/c1-23(2,3)27(4,5)26-22-15-19(25-21-14-10-9-13-20(21)22)17-24-16-18-11-7-6-8-12-18/h6-14,19,22,24H,15-17H2,1-5H3. The Morgan fingerprint density at radius 2 is 1.70 bits per heavy atom. The molecule has 1 aliphatic heterocycles. The third-order valence-corrected chi connectivity index (χ3v) is 10.3. The number of nitrogens with one attached hydrogen (secondary N) is 1. The maximum Gasteiger partial charge on any atom is 0.192 e. The fourth-order valence-electron chi connectivity index (χ4n) is 3.19. The summed E-state index contributed by atoms with van der Waals surface area (Å²) in [6, 6.07) is 18.8. The van der Waals surface area contributed by atoms with Gasteiger partial charge in [-0.15, -0.1) is 0 Å². The molecule has 0 fully saturated rings. The van der Waals surface area contributed by atoms with Crippen LogP contribution in [0.15, 0.2) is 54.6 Å². The second-order valence-electron chi connectivity index (χ2n) is 9.00. The number of hydrogen-bond acceptors (Lipinski definition) is 3. The molecule has 2 aromatic rings. The highest BCUT2D eigenvalue weighted by Crippen LogP contribution is 2.44. The van der Waals surface area contributed by atoms with E-state index in [1.165, 1.54) is 11.1 Å². The lowest BCUT2D eigenvalue weighted by Gasteiger charge is -2.42. The van der Waals surface area contributed by atoms with Crippen LogP contribution in [0.2, 0.25) is 18.1 Å². The Morgan fingerprint density at radius 3 is 2.41 bits per heavy atom. The first-order chi connectivity index (χ1) is 12.8. The molecule has 146 valence electrons. The van der Waals surface area contributed by atoms with Crippen molar-refractivity contribution in [3.8, 4) is 5.75 Å². The first-order valence-electron chi connectivity index (χ1n) is 9.94. The van der Waals surface area contributed by atoms with Crippen LogP contribution >= 0.6 is 0 Å². The summed E-state index contributed by atoms with van der Waals surface area (Å²) < 4.78 is 13.1. The van der Waals surface area contributed by atoms with Crippen molar-refractivity contribution in [3.63, 3.8) is 0 Å². The maximum absolute atomic E-state index is 6.80. The Labute approximate surface area is 165 Å². The average molecular weight is 384 g/mol. The quantitative estimate of drug-likeness (QED) is 0.650. The highest BCUT2D eigenvalue weighted by atomic mass is 28.4. The summed E-state index contributed by atoms with van der Waals surface area (Å²) >= 11 is 0. The highest BCUT2D eigenvalue weighted by molar-refractivity contribution is 6.74. The summed E-state index contributed by atoms with van der Waals surface area (Å²) in [5, 5.41) is 3.74. The Hall–Kier alpha value is -1.62. The van der Waals surface area contributed by atoms with Crippen molar-refractivity contribution in [2.24, 2.45) is 0 Å². The molecular weight excluding hydrogens is 350 g/mol. The monoisotopic (exact) mass is 383 g/mol. The van der Waals surface area contributed by atoms with E-state index in [1.807, 2.05) is 12.1 Å². The summed E-state index contributed by atoms with van der Waals surface area (Å²) in [7, 11) is -1.85. The summed E-state index contributed by atoms with van der Waals surface area (Å²) in [5.41, 5.74) is 2.49. The lowest BCUT2D eigenvalue weighted by Crippen LogP contribution is -2.44. The first kappa shape index (κ1) is 20.1. The molecule has 0 saturated heterocycles. The van der Waals surface area contributed by atoms with Gasteiger partial charge in [-0.2, -0.15) is 0 Å². The van der Waals surface area contributed by atoms with Crippen molar-refractivity contribution < 1.29 is 9.16 Å². The van der Waals surface area contributed by atoms with Crippen LogP contribution in [0.25, 0.3) is 0 Å². The topological polar surface area (TPSA) is 30.5 Å². The van der Waals surface area contributed by atoms with Crippen LogP contribution in [-0.2, 0) is 11.0 Å². The number of hydrogen-bond donors (Lipinski definition) is 1. The van der Waals surface area contributed by atoms with E-state index in [4.69, 9.17) is 9.16 Å². The van der Waals surface area contributed by atoms with E-state index in [2.05, 4.69) is 81.6 Å². The average Bonchev–Trinajstić information content (AvgIpc) is 2.61. The van der Waals surface area contributed by atoms with E-state index >= 15 is 0 Å².